The standard InChI is InChI=1S/C13H17N3O2S3/c1-16(7-11-8-19-9-15-11)21(17,18)13-5-4-12(20-13)6-14-10-2-3-10/h4-5,8-10,14H,2-3,6-7H2,1H3. The van der Waals surface area contributed by atoms with Gasteiger partial charge < -0.3 is 5.32 Å². The van der Waals surface area contributed by atoms with Gasteiger partial charge >= 0.3 is 0 Å². The number of hydrogen-bond donors (Lipinski definition) is 1. The third kappa shape index (κ3) is 3.70. The lowest BCUT2D eigenvalue weighted by Gasteiger charge is -2.14. The molecular formula is C13H17N3O2S3. The Hall–Kier alpha value is -0.800. The van der Waals surface area contributed by atoms with Crippen molar-refractivity contribution in [1.82, 2.24) is 14.6 Å². The molecule has 0 bridgehead atoms. The quantitative estimate of drug-likeness (QED) is 0.838. The van der Waals surface area contributed by atoms with Crippen molar-refractivity contribution in [2.75, 3.05) is 7.05 Å². The highest BCUT2D eigenvalue weighted by molar-refractivity contribution is 7.91. The summed E-state index contributed by atoms with van der Waals surface area (Å²) in [7, 11) is -1.83. The predicted octanol–water partition coefficient (Wildman–Crippen LogP) is 2.28. The fourth-order valence-electron chi connectivity index (χ4n) is 1.91. The van der Waals surface area contributed by atoms with Crippen LogP contribution < -0.4 is 5.32 Å². The number of aromatic nitrogens is 1. The van der Waals surface area contributed by atoms with Gasteiger partial charge in [-0.15, -0.1) is 22.7 Å². The Kier molecular flexibility index (Phi) is 4.41. The van der Waals surface area contributed by atoms with Gasteiger partial charge in [-0.3, -0.25) is 0 Å². The van der Waals surface area contributed by atoms with Crippen LogP contribution in [0.5, 0.6) is 0 Å². The van der Waals surface area contributed by atoms with Crippen LogP contribution in [-0.4, -0.2) is 30.8 Å². The summed E-state index contributed by atoms with van der Waals surface area (Å²) >= 11 is 2.81. The molecule has 2 aromatic rings. The van der Waals surface area contributed by atoms with Gasteiger partial charge in [-0.1, -0.05) is 0 Å². The van der Waals surface area contributed by atoms with E-state index >= 15 is 0 Å². The Morgan fingerprint density at radius 2 is 2.24 bits per heavy atom. The molecule has 3 rings (SSSR count). The zero-order chi connectivity index (χ0) is 14.9. The summed E-state index contributed by atoms with van der Waals surface area (Å²) in [6, 6.07) is 4.21. The zero-order valence-corrected chi connectivity index (χ0v) is 14.1. The molecule has 0 unspecified atom stereocenters. The number of rotatable bonds is 7. The first-order valence-electron chi connectivity index (χ1n) is 6.71. The SMILES string of the molecule is CN(Cc1cscn1)S(=O)(=O)c1ccc(CNC2CC2)s1. The van der Waals surface area contributed by atoms with E-state index < -0.39 is 10.0 Å². The fourth-order valence-corrected chi connectivity index (χ4v) is 5.12. The third-order valence-electron chi connectivity index (χ3n) is 3.31. The molecule has 2 aromatic heterocycles. The smallest absolute Gasteiger partial charge is 0.252 e. The van der Waals surface area contributed by atoms with Crippen molar-refractivity contribution in [1.29, 1.82) is 0 Å². The molecule has 0 atom stereocenters. The average molecular weight is 343 g/mol. The first-order chi connectivity index (χ1) is 10.1. The van der Waals surface area contributed by atoms with Crippen LogP contribution >= 0.6 is 22.7 Å². The molecule has 1 aliphatic carbocycles. The first-order valence-corrected chi connectivity index (χ1v) is 9.91. The summed E-state index contributed by atoms with van der Waals surface area (Å²) in [6.07, 6.45) is 2.46. The van der Waals surface area contributed by atoms with Crippen LogP contribution in [0.2, 0.25) is 0 Å². The molecular weight excluding hydrogens is 326 g/mol. The number of nitrogens with one attached hydrogen (secondary N) is 1. The van der Waals surface area contributed by atoms with Gasteiger partial charge in [0.1, 0.15) is 4.21 Å². The van der Waals surface area contributed by atoms with Crippen molar-refractivity contribution in [3.05, 3.63) is 33.6 Å². The van der Waals surface area contributed by atoms with Gasteiger partial charge in [0.15, 0.2) is 0 Å². The topological polar surface area (TPSA) is 62.3 Å². The normalized spacial score (nSPS) is 15.7. The van der Waals surface area contributed by atoms with Gasteiger partial charge in [-0.25, -0.2) is 13.4 Å². The number of sulfonamides is 1. The highest BCUT2D eigenvalue weighted by atomic mass is 32.2. The average Bonchev–Trinajstić information content (AvgIpc) is 2.93. The van der Waals surface area contributed by atoms with Gasteiger partial charge in [0.05, 0.1) is 17.7 Å². The molecule has 2 heterocycles. The van der Waals surface area contributed by atoms with E-state index in [-0.39, 0.29) is 0 Å². The van der Waals surface area contributed by atoms with E-state index in [2.05, 4.69) is 10.3 Å². The minimum atomic E-state index is -3.43. The minimum absolute atomic E-state index is 0.305. The Morgan fingerprint density at radius 3 is 2.90 bits per heavy atom. The zero-order valence-electron chi connectivity index (χ0n) is 11.7. The van der Waals surface area contributed by atoms with Crippen molar-refractivity contribution in [3.63, 3.8) is 0 Å². The Labute approximate surface area is 132 Å². The molecule has 8 heteroatoms. The van der Waals surface area contributed by atoms with Crippen LogP contribution in [-0.2, 0) is 23.1 Å². The summed E-state index contributed by atoms with van der Waals surface area (Å²) in [4.78, 5) is 5.19. The van der Waals surface area contributed by atoms with Crippen LogP contribution in [0.25, 0.3) is 0 Å². The molecule has 0 spiro atoms. The van der Waals surface area contributed by atoms with Crippen molar-refractivity contribution < 1.29 is 8.42 Å². The number of thiazole rings is 1. The molecule has 1 fully saturated rings. The maximum Gasteiger partial charge on any atom is 0.252 e. The Balaban J connectivity index is 1.68. The maximum atomic E-state index is 12.5. The molecule has 0 radical (unpaired) electrons. The molecule has 0 amide bonds. The Morgan fingerprint density at radius 1 is 1.43 bits per heavy atom. The predicted molar refractivity (Wildman–Crippen MR) is 84.9 cm³/mol. The van der Waals surface area contributed by atoms with Crippen LogP contribution in [0.3, 0.4) is 0 Å². The third-order valence-corrected chi connectivity index (χ3v) is 7.30. The lowest BCUT2D eigenvalue weighted by atomic mass is 10.4. The largest absolute Gasteiger partial charge is 0.309 e. The molecule has 1 N–H and O–H groups in total. The van der Waals surface area contributed by atoms with Crippen molar-refractivity contribution in [2.45, 2.75) is 36.2 Å². The fraction of sp³-hybridized carbons (Fsp3) is 0.462. The van der Waals surface area contributed by atoms with Crippen molar-refractivity contribution >= 4 is 32.7 Å². The highest BCUT2D eigenvalue weighted by Crippen LogP contribution is 2.26. The van der Waals surface area contributed by atoms with E-state index in [1.807, 2.05) is 11.4 Å². The van der Waals surface area contributed by atoms with E-state index in [0.717, 1.165) is 17.1 Å². The van der Waals surface area contributed by atoms with Crippen LogP contribution in [0.4, 0.5) is 0 Å². The van der Waals surface area contributed by atoms with Gasteiger partial charge in [-0.2, -0.15) is 4.31 Å². The Bertz CT molecular complexity index is 690. The van der Waals surface area contributed by atoms with Gasteiger partial charge in [0.2, 0.25) is 0 Å². The molecule has 0 aliphatic heterocycles. The van der Waals surface area contributed by atoms with Gasteiger partial charge in [0, 0.05) is 29.9 Å². The summed E-state index contributed by atoms with van der Waals surface area (Å²) in [6.45, 7) is 1.06. The van der Waals surface area contributed by atoms with Crippen LogP contribution in [0.1, 0.15) is 23.4 Å². The van der Waals surface area contributed by atoms with Crippen LogP contribution in [0, 0.1) is 0 Å². The molecule has 0 saturated heterocycles. The molecule has 21 heavy (non-hydrogen) atoms. The van der Waals surface area contributed by atoms with E-state index in [0.29, 0.717) is 16.8 Å². The monoisotopic (exact) mass is 343 g/mol. The number of thiophene rings is 1. The van der Waals surface area contributed by atoms with Gasteiger partial charge in [0.25, 0.3) is 10.0 Å². The van der Waals surface area contributed by atoms with E-state index in [1.54, 1.807) is 18.6 Å². The summed E-state index contributed by atoms with van der Waals surface area (Å²) in [5.74, 6) is 0. The van der Waals surface area contributed by atoms with Crippen molar-refractivity contribution in [2.24, 2.45) is 0 Å². The lowest BCUT2D eigenvalue weighted by Crippen LogP contribution is -2.25. The summed E-state index contributed by atoms with van der Waals surface area (Å²) in [5.41, 5.74) is 2.49. The molecule has 5 nitrogen and oxygen atoms in total. The molecule has 114 valence electrons. The van der Waals surface area contributed by atoms with E-state index in [1.165, 1.54) is 39.8 Å². The summed E-state index contributed by atoms with van der Waals surface area (Å²) < 4.78 is 26.8. The number of hydrogen-bond acceptors (Lipinski definition) is 6. The second-order valence-corrected chi connectivity index (χ2v) is 9.28. The van der Waals surface area contributed by atoms with E-state index in [4.69, 9.17) is 0 Å². The number of nitrogens with zero attached hydrogens (tertiary/aromatic N) is 2. The highest BCUT2D eigenvalue weighted by Gasteiger charge is 2.24. The molecule has 0 aromatic carbocycles. The minimum Gasteiger partial charge on any atom is -0.309 e. The van der Waals surface area contributed by atoms with E-state index in [9.17, 15) is 8.42 Å². The van der Waals surface area contributed by atoms with Crippen molar-refractivity contribution in [3.8, 4) is 0 Å². The second-order valence-electron chi connectivity index (χ2n) is 5.12. The molecule has 1 saturated carbocycles. The van der Waals surface area contributed by atoms with Crippen LogP contribution in [0.15, 0.2) is 27.2 Å². The molecule has 1 aliphatic rings. The lowest BCUT2D eigenvalue weighted by molar-refractivity contribution is 0.464. The summed E-state index contributed by atoms with van der Waals surface area (Å²) in [5, 5.41) is 5.26. The van der Waals surface area contributed by atoms with Gasteiger partial charge in [-0.05, 0) is 25.0 Å². The maximum absolute atomic E-state index is 12.5. The first kappa shape index (κ1) is 15.1. The second kappa shape index (κ2) is 6.13.